The number of phenols is 1. The van der Waals surface area contributed by atoms with Crippen LogP contribution in [0.3, 0.4) is 0 Å². The van der Waals surface area contributed by atoms with Crippen LogP contribution in [0.15, 0.2) is 18.2 Å². The molecule has 5 nitrogen and oxygen atoms in total. The van der Waals surface area contributed by atoms with Crippen molar-refractivity contribution in [3.05, 3.63) is 34.9 Å². The van der Waals surface area contributed by atoms with Gasteiger partial charge in [0.15, 0.2) is 5.82 Å². The van der Waals surface area contributed by atoms with E-state index in [2.05, 4.69) is 22.0 Å². The predicted octanol–water partition coefficient (Wildman–Crippen LogP) is 3.97. The fraction of sp³-hybridized carbons (Fsp3) is 0.524. The van der Waals surface area contributed by atoms with Gasteiger partial charge in [-0.25, -0.2) is 4.39 Å². The third-order valence-electron chi connectivity index (χ3n) is 6.07. The van der Waals surface area contributed by atoms with Crippen LogP contribution in [0.5, 0.6) is 5.75 Å². The third kappa shape index (κ3) is 3.71. The Morgan fingerprint density at radius 1 is 1.17 bits per heavy atom. The van der Waals surface area contributed by atoms with Crippen LogP contribution in [0.4, 0.5) is 23.4 Å². The van der Waals surface area contributed by atoms with E-state index >= 15 is 0 Å². The minimum Gasteiger partial charge on any atom is -0.507 e. The number of aryl methyl sites for hydroxylation is 1. The SMILES string of the molecule is CCN1CC[C@@H](F)[C@@H](N2CCc3cc(-c4c(C)cc(C(F)(F)F)cc4O)nnc32)C1. The predicted molar refractivity (Wildman–Crippen MR) is 105 cm³/mol. The van der Waals surface area contributed by atoms with E-state index in [0.717, 1.165) is 24.7 Å². The maximum atomic E-state index is 14.6. The lowest BCUT2D eigenvalue weighted by Gasteiger charge is -2.39. The zero-order valence-electron chi connectivity index (χ0n) is 16.9. The van der Waals surface area contributed by atoms with Gasteiger partial charge >= 0.3 is 6.18 Å². The molecule has 2 aliphatic rings. The number of aromatic nitrogens is 2. The molecule has 1 aromatic carbocycles. The Morgan fingerprint density at radius 2 is 1.93 bits per heavy atom. The first kappa shape index (κ1) is 20.8. The number of anilines is 1. The lowest BCUT2D eigenvalue weighted by atomic mass is 9.99. The molecule has 0 unspecified atom stereocenters. The highest BCUT2D eigenvalue weighted by Gasteiger charge is 2.37. The van der Waals surface area contributed by atoms with Crippen molar-refractivity contribution in [3.63, 3.8) is 0 Å². The van der Waals surface area contributed by atoms with Crippen LogP contribution in [0.2, 0.25) is 0 Å². The molecule has 0 radical (unpaired) electrons. The number of phenolic OH excluding ortho intramolecular Hbond substituents is 1. The number of likely N-dealkylation sites (tertiary alicyclic amines) is 1. The number of nitrogens with zero attached hydrogens (tertiary/aromatic N) is 4. The highest BCUT2D eigenvalue weighted by atomic mass is 19.4. The van der Waals surface area contributed by atoms with Gasteiger partial charge < -0.3 is 14.9 Å². The molecule has 0 saturated carbocycles. The van der Waals surface area contributed by atoms with Gasteiger partial charge in [-0.1, -0.05) is 6.92 Å². The minimum atomic E-state index is -4.54. The van der Waals surface area contributed by atoms with E-state index in [0.29, 0.717) is 43.5 Å². The van der Waals surface area contributed by atoms with E-state index in [1.165, 1.54) is 6.92 Å². The summed E-state index contributed by atoms with van der Waals surface area (Å²) >= 11 is 0. The molecule has 1 fully saturated rings. The number of alkyl halides is 4. The largest absolute Gasteiger partial charge is 0.507 e. The van der Waals surface area contributed by atoms with Crippen LogP contribution in [-0.2, 0) is 12.6 Å². The standard InChI is InChI=1S/C21H24F4N4O/c1-3-28-6-5-15(22)17(11-28)29-7-4-13-9-16(26-27-20(13)29)19-12(2)8-14(10-18(19)30)21(23,24)25/h8-10,15,17,30H,3-7,11H2,1-2H3/t15-,17+/m1/s1. The van der Waals surface area contributed by atoms with Crippen LogP contribution in [0.1, 0.15) is 30.0 Å². The van der Waals surface area contributed by atoms with Crippen molar-refractivity contribution in [3.8, 4) is 17.0 Å². The molecule has 30 heavy (non-hydrogen) atoms. The number of likely N-dealkylation sites (N-methyl/N-ethyl adjacent to an activating group) is 1. The lowest BCUT2D eigenvalue weighted by Crippen LogP contribution is -2.53. The van der Waals surface area contributed by atoms with Crippen LogP contribution in [0, 0.1) is 6.92 Å². The Kier molecular flexibility index (Phi) is 5.34. The van der Waals surface area contributed by atoms with E-state index in [4.69, 9.17) is 0 Å². The summed E-state index contributed by atoms with van der Waals surface area (Å²) in [6, 6.07) is 3.15. The highest BCUT2D eigenvalue weighted by molar-refractivity contribution is 5.73. The number of rotatable bonds is 3. The Hall–Kier alpha value is -2.42. The second-order valence-corrected chi connectivity index (χ2v) is 7.97. The van der Waals surface area contributed by atoms with E-state index in [9.17, 15) is 22.7 Å². The molecule has 2 aromatic rings. The zero-order chi connectivity index (χ0) is 21.6. The maximum absolute atomic E-state index is 14.6. The average Bonchev–Trinajstić information content (AvgIpc) is 3.10. The molecule has 0 aliphatic carbocycles. The molecule has 9 heteroatoms. The van der Waals surface area contributed by atoms with Crippen LogP contribution in [0.25, 0.3) is 11.3 Å². The van der Waals surface area contributed by atoms with Gasteiger partial charge in [0.1, 0.15) is 11.9 Å². The smallest absolute Gasteiger partial charge is 0.416 e. The fourth-order valence-electron chi connectivity index (χ4n) is 4.46. The first-order chi connectivity index (χ1) is 14.2. The number of benzene rings is 1. The monoisotopic (exact) mass is 424 g/mol. The Balaban J connectivity index is 1.65. The van der Waals surface area contributed by atoms with Crippen LogP contribution >= 0.6 is 0 Å². The highest BCUT2D eigenvalue weighted by Crippen LogP contribution is 2.40. The molecular weight excluding hydrogens is 400 g/mol. The Bertz CT molecular complexity index is 926. The van der Waals surface area contributed by atoms with Crippen LogP contribution < -0.4 is 4.90 Å². The van der Waals surface area contributed by atoms with E-state index in [1.54, 1.807) is 6.07 Å². The average molecular weight is 424 g/mol. The molecule has 0 bridgehead atoms. The normalized spacial score (nSPS) is 22.4. The van der Waals surface area contributed by atoms with Crippen LogP contribution in [-0.4, -0.2) is 58.6 Å². The van der Waals surface area contributed by atoms with Crippen molar-refractivity contribution >= 4 is 5.82 Å². The number of aromatic hydroxyl groups is 1. The summed E-state index contributed by atoms with van der Waals surface area (Å²) in [5.74, 6) is 0.134. The van der Waals surface area contributed by atoms with Crippen molar-refractivity contribution in [2.45, 2.75) is 45.1 Å². The fourth-order valence-corrected chi connectivity index (χ4v) is 4.46. The van der Waals surface area contributed by atoms with Crippen molar-refractivity contribution in [1.29, 1.82) is 0 Å². The number of halogens is 4. The zero-order valence-corrected chi connectivity index (χ0v) is 16.9. The van der Waals surface area contributed by atoms with E-state index in [1.807, 2.05) is 4.90 Å². The molecule has 0 spiro atoms. The number of fused-ring (bicyclic) bond motifs is 1. The number of hydrogen-bond acceptors (Lipinski definition) is 5. The quantitative estimate of drug-likeness (QED) is 0.756. The first-order valence-electron chi connectivity index (χ1n) is 10.1. The molecule has 4 rings (SSSR count). The summed E-state index contributed by atoms with van der Waals surface area (Å²) < 4.78 is 53.6. The molecular formula is C21H24F4N4O. The molecule has 162 valence electrons. The molecule has 0 amide bonds. The second kappa shape index (κ2) is 7.68. The molecule has 1 aromatic heterocycles. The summed E-state index contributed by atoms with van der Waals surface area (Å²) in [4.78, 5) is 4.17. The molecule has 1 saturated heterocycles. The molecule has 2 atom stereocenters. The van der Waals surface area contributed by atoms with Gasteiger partial charge in [-0.05, 0) is 50.1 Å². The maximum Gasteiger partial charge on any atom is 0.416 e. The molecule has 2 aliphatic heterocycles. The van der Waals surface area contributed by atoms with Crippen molar-refractivity contribution in [2.75, 3.05) is 31.1 Å². The van der Waals surface area contributed by atoms with E-state index in [-0.39, 0.29) is 17.2 Å². The minimum absolute atomic E-state index is 0.231. The summed E-state index contributed by atoms with van der Waals surface area (Å²) in [5.41, 5.74) is 0.763. The van der Waals surface area contributed by atoms with Crippen molar-refractivity contribution in [2.24, 2.45) is 0 Å². The van der Waals surface area contributed by atoms with Crippen molar-refractivity contribution in [1.82, 2.24) is 15.1 Å². The van der Waals surface area contributed by atoms with Crippen molar-refractivity contribution < 1.29 is 22.7 Å². The summed E-state index contributed by atoms with van der Waals surface area (Å²) in [6.45, 7) is 6.40. The second-order valence-electron chi connectivity index (χ2n) is 7.97. The third-order valence-corrected chi connectivity index (χ3v) is 6.07. The van der Waals surface area contributed by atoms with E-state index < -0.39 is 23.7 Å². The van der Waals surface area contributed by atoms with Gasteiger partial charge in [-0.15, -0.1) is 10.2 Å². The number of hydrogen-bond donors (Lipinski definition) is 1. The van der Waals surface area contributed by atoms with Gasteiger partial charge in [0.05, 0.1) is 17.3 Å². The van der Waals surface area contributed by atoms with Gasteiger partial charge in [0.2, 0.25) is 0 Å². The molecule has 1 N–H and O–H groups in total. The van der Waals surface area contributed by atoms with Gasteiger partial charge in [0.25, 0.3) is 0 Å². The Morgan fingerprint density at radius 3 is 2.60 bits per heavy atom. The van der Waals surface area contributed by atoms with Gasteiger partial charge in [0, 0.05) is 30.8 Å². The number of piperidine rings is 1. The Labute approximate surface area is 172 Å². The lowest BCUT2D eigenvalue weighted by molar-refractivity contribution is -0.137. The van der Waals surface area contributed by atoms with Gasteiger partial charge in [-0.3, -0.25) is 0 Å². The topological polar surface area (TPSA) is 52.5 Å². The summed E-state index contributed by atoms with van der Waals surface area (Å²) in [7, 11) is 0. The summed E-state index contributed by atoms with van der Waals surface area (Å²) in [6.07, 6.45) is -4.36. The van der Waals surface area contributed by atoms with Gasteiger partial charge in [-0.2, -0.15) is 13.2 Å². The molecule has 3 heterocycles. The summed E-state index contributed by atoms with van der Waals surface area (Å²) in [5, 5.41) is 18.7. The first-order valence-corrected chi connectivity index (χ1v) is 10.1.